The molecule has 0 saturated carbocycles. The first-order valence-corrected chi connectivity index (χ1v) is 5.27. The monoisotopic (exact) mass is 239 g/mol. The lowest BCUT2D eigenvalue weighted by molar-refractivity contribution is -0.154. The van der Waals surface area contributed by atoms with E-state index in [4.69, 9.17) is 14.3 Å². The molecule has 0 aliphatic carbocycles. The normalized spacial score (nSPS) is 20.3. The molecule has 0 spiro atoms. The largest absolute Gasteiger partial charge is 0.479 e. The lowest BCUT2D eigenvalue weighted by Gasteiger charge is -2.30. The maximum Gasteiger partial charge on any atom is 0.334 e. The van der Waals surface area contributed by atoms with Gasteiger partial charge in [-0.2, -0.15) is 0 Å². The summed E-state index contributed by atoms with van der Waals surface area (Å²) >= 11 is 0. The molecule has 92 valence electrons. The number of furan rings is 1. The number of rotatable bonds is 2. The number of hydrogen-bond donors (Lipinski definition) is 1. The molecule has 1 N–H and O–H groups in total. The lowest BCUT2D eigenvalue weighted by atomic mass is 10.2. The third kappa shape index (κ3) is 2.31. The Balaban J connectivity index is 2.10. The third-order valence-corrected chi connectivity index (χ3v) is 2.69. The van der Waals surface area contributed by atoms with Crippen LogP contribution in [-0.2, 0) is 9.53 Å². The minimum Gasteiger partial charge on any atom is -0.479 e. The van der Waals surface area contributed by atoms with Crippen LogP contribution < -0.4 is 0 Å². The summed E-state index contributed by atoms with van der Waals surface area (Å²) in [4.78, 5) is 24.3. The fraction of sp³-hybridized carbons (Fsp3) is 0.455. The van der Waals surface area contributed by atoms with E-state index in [1.165, 1.54) is 11.2 Å². The summed E-state index contributed by atoms with van der Waals surface area (Å²) in [6, 6.07) is 1.70. The number of aliphatic carboxylic acids is 1. The topological polar surface area (TPSA) is 80.0 Å². The fourth-order valence-electron chi connectivity index (χ4n) is 1.72. The third-order valence-electron chi connectivity index (χ3n) is 2.69. The molecule has 1 aliphatic heterocycles. The van der Waals surface area contributed by atoms with Crippen molar-refractivity contribution in [2.75, 3.05) is 19.7 Å². The molecule has 6 nitrogen and oxygen atoms in total. The first-order valence-electron chi connectivity index (χ1n) is 5.27. The number of hydrogen-bond acceptors (Lipinski definition) is 4. The quantitative estimate of drug-likeness (QED) is 0.813. The highest BCUT2D eigenvalue weighted by Gasteiger charge is 2.30. The molecule has 1 amide bonds. The van der Waals surface area contributed by atoms with Crippen LogP contribution in [0.5, 0.6) is 0 Å². The van der Waals surface area contributed by atoms with Crippen molar-refractivity contribution in [2.45, 2.75) is 13.0 Å². The summed E-state index contributed by atoms with van der Waals surface area (Å²) in [6.07, 6.45) is 0.487. The number of carbonyl (C=O) groups excluding carboxylic acids is 1. The molecule has 1 saturated heterocycles. The van der Waals surface area contributed by atoms with Gasteiger partial charge in [0.25, 0.3) is 5.91 Å². The molecule has 0 radical (unpaired) electrons. The Morgan fingerprint density at radius 3 is 2.88 bits per heavy atom. The van der Waals surface area contributed by atoms with Crippen LogP contribution in [0.15, 0.2) is 16.7 Å². The van der Waals surface area contributed by atoms with Crippen molar-refractivity contribution in [3.8, 4) is 0 Å². The average molecular weight is 239 g/mol. The molecule has 0 bridgehead atoms. The number of aryl methyl sites for hydroxylation is 1. The molecule has 2 heterocycles. The zero-order valence-corrected chi connectivity index (χ0v) is 9.38. The van der Waals surface area contributed by atoms with E-state index in [1.54, 1.807) is 13.0 Å². The van der Waals surface area contributed by atoms with Crippen LogP contribution in [0.2, 0.25) is 0 Å². The highest BCUT2D eigenvalue weighted by atomic mass is 16.5. The molecule has 2 rings (SSSR count). The number of carbonyl (C=O) groups is 2. The van der Waals surface area contributed by atoms with Gasteiger partial charge in [-0.15, -0.1) is 0 Å². The van der Waals surface area contributed by atoms with Gasteiger partial charge in [-0.25, -0.2) is 4.79 Å². The molecule has 0 aromatic carbocycles. The van der Waals surface area contributed by atoms with E-state index in [0.29, 0.717) is 6.54 Å². The Hall–Kier alpha value is -1.82. The van der Waals surface area contributed by atoms with Gasteiger partial charge in [0.05, 0.1) is 19.4 Å². The molecule has 1 atom stereocenters. The van der Waals surface area contributed by atoms with Gasteiger partial charge in [0.15, 0.2) is 11.9 Å². The molecule has 1 aromatic heterocycles. The molecule has 0 unspecified atom stereocenters. The van der Waals surface area contributed by atoms with Crippen LogP contribution in [0.1, 0.15) is 16.1 Å². The van der Waals surface area contributed by atoms with Gasteiger partial charge < -0.3 is 19.2 Å². The second kappa shape index (κ2) is 4.58. The van der Waals surface area contributed by atoms with E-state index in [0.717, 1.165) is 5.56 Å². The Labute approximate surface area is 97.8 Å². The van der Waals surface area contributed by atoms with Crippen LogP contribution >= 0.6 is 0 Å². The smallest absolute Gasteiger partial charge is 0.334 e. The van der Waals surface area contributed by atoms with Gasteiger partial charge in [-0.1, -0.05) is 0 Å². The first-order chi connectivity index (χ1) is 8.09. The van der Waals surface area contributed by atoms with Gasteiger partial charge in [0.1, 0.15) is 0 Å². The van der Waals surface area contributed by atoms with E-state index in [2.05, 4.69) is 0 Å². The van der Waals surface area contributed by atoms with Crippen molar-refractivity contribution < 1.29 is 23.8 Å². The maximum absolute atomic E-state index is 12.0. The van der Waals surface area contributed by atoms with E-state index < -0.39 is 12.1 Å². The summed E-state index contributed by atoms with van der Waals surface area (Å²) in [6.45, 7) is 2.42. The van der Waals surface area contributed by atoms with Crippen LogP contribution in [0.3, 0.4) is 0 Å². The fourth-order valence-corrected chi connectivity index (χ4v) is 1.72. The minimum absolute atomic E-state index is 0.0499. The van der Waals surface area contributed by atoms with E-state index in [9.17, 15) is 9.59 Å². The molecular weight excluding hydrogens is 226 g/mol. The van der Waals surface area contributed by atoms with Crippen molar-refractivity contribution in [3.05, 3.63) is 23.7 Å². The minimum atomic E-state index is -1.06. The predicted molar refractivity (Wildman–Crippen MR) is 56.7 cm³/mol. The highest BCUT2D eigenvalue weighted by Crippen LogP contribution is 2.15. The Kier molecular flexibility index (Phi) is 3.14. The van der Waals surface area contributed by atoms with Crippen LogP contribution in [0, 0.1) is 6.92 Å². The number of nitrogens with zero attached hydrogens (tertiary/aromatic N) is 1. The molecule has 1 fully saturated rings. The summed E-state index contributed by atoms with van der Waals surface area (Å²) in [5, 5.41) is 8.84. The van der Waals surface area contributed by atoms with Crippen LogP contribution in [-0.4, -0.2) is 47.7 Å². The van der Waals surface area contributed by atoms with E-state index in [1.807, 2.05) is 0 Å². The van der Waals surface area contributed by atoms with Gasteiger partial charge in [0, 0.05) is 12.1 Å². The van der Waals surface area contributed by atoms with E-state index in [-0.39, 0.29) is 24.8 Å². The molecular formula is C11H13NO5. The van der Waals surface area contributed by atoms with Gasteiger partial charge in [-0.05, 0) is 13.0 Å². The highest BCUT2D eigenvalue weighted by molar-refractivity contribution is 5.93. The van der Waals surface area contributed by atoms with Crippen molar-refractivity contribution in [1.82, 2.24) is 4.90 Å². The molecule has 1 aromatic rings. The lowest BCUT2D eigenvalue weighted by Crippen LogP contribution is -2.48. The molecule has 1 aliphatic rings. The van der Waals surface area contributed by atoms with Crippen molar-refractivity contribution in [3.63, 3.8) is 0 Å². The average Bonchev–Trinajstić information content (AvgIpc) is 2.74. The van der Waals surface area contributed by atoms with Crippen LogP contribution in [0.4, 0.5) is 0 Å². The zero-order valence-electron chi connectivity index (χ0n) is 9.38. The SMILES string of the molecule is Cc1ccoc1C(=O)N1CCO[C@H](C(=O)O)C1. The summed E-state index contributed by atoms with van der Waals surface area (Å²) in [5.41, 5.74) is 0.744. The second-order valence-corrected chi connectivity index (χ2v) is 3.88. The molecule has 17 heavy (non-hydrogen) atoms. The Morgan fingerprint density at radius 2 is 2.29 bits per heavy atom. The summed E-state index contributed by atoms with van der Waals surface area (Å²) in [7, 11) is 0. The predicted octanol–water partition coefficient (Wildman–Crippen LogP) is 0.514. The van der Waals surface area contributed by atoms with Crippen molar-refractivity contribution >= 4 is 11.9 Å². The summed E-state index contributed by atoms with van der Waals surface area (Å²) < 4.78 is 10.1. The Morgan fingerprint density at radius 1 is 1.53 bits per heavy atom. The molecule has 6 heteroatoms. The standard InChI is InChI=1S/C11H13NO5/c1-7-2-4-17-9(7)10(13)12-3-5-16-8(6-12)11(14)15/h2,4,8H,3,5-6H2,1H3,(H,14,15)/t8-/m0/s1. The van der Waals surface area contributed by atoms with Crippen molar-refractivity contribution in [1.29, 1.82) is 0 Å². The van der Waals surface area contributed by atoms with Gasteiger partial charge in [0.2, 0.25) is 0 Å². The number of amides is 1. The Bertz CT molecular complexity index is 439. The number of ether oxygens (including phenoxy) is 1. The maximum atomic E-state index is 12.0. The zero-order chi connectivity index (χ0) is 12.4. The van der Waals surface area contributed by atoms with Gasteiger partial charge >= 0.3 is 5.97 Å². The number of carboxylic acid groups (broad SMARTS) is 1. The van der Waals surface area contributed by atoms with Crippen molar-refractivity contribution in [2.24, 2.45) is 0 Å². The first kappa shape index (κ1) is 11.7. The number of carboxylic acids is 1. The van der Waals surface area contributed by atoms with Gasteiger partial charge in [-0.3, -0.25) is 4.79 Å². The second-order valence-electron chi connectivity index (χ2n) is 3.88. The van der Waals surface area contributed by atoms with E-state index >= 15 is 0 Å². The van der Waals surface area contributed by atoms with Crippen LogP contribution in [0.25, 0.3) is 0 Å². The summed E-state index contributed by atoms with van der Waals surface area (Å²) in [5.74, 6) is -1.09. The number of morpholine rings is 1.